The maximum absolute atomic E-state index is 9.42. The quantitative estimate of drug-likeness (QED) is 0.305. The molecule has 0 N–H and O–H groups in total. The van der Waals surface area contributed by atoms with Crippen molar-refractivity contribution in [3.05, 3.63) is 113 Å². The second-order valence-corrected chi connectivity index (χ2v) is 8.26. The summed E-state index contributed by atoms with van der Waals surface area (Å²) in [6, 6.07) is 33.2. The van der Waals surface area contributed by atoms with Crippen molar-refractivity contribution in [3.8, 4) is 40.1 Å². The molecule has 0 radical (unpaired) electrons. The lowest BCUT2D eigenvalue weighted by molar-refractivity contribution is 1.13. The summed E-state index contributed by atoms with van der Waals surface area (Å²) in [4.78, 5) is 0. The molecule has 4 aromatic carbocycles. The first-order valence-corrected chi connectivity index (χ1v) is 10.8. The Morgan fingerprint density at radius 1 is 0.636 bits per heavy atom. The Hall–Kier alpha value is -4.60. The molecular weight excluding hydrogens is 402 g/mol. The third-order valence-corrected chi connectivity index (χ3v) is 6.14. The average molecular weight is 424 g/mol. The summed E-state index contributed by atoms with van der Waals surface area (Å²) in [5, 5.41) is 19.9. The highest BCUT2D eigenvalue weighted by Crippen LogP contribution is 2.34. The molecular formula is C30H21N3. The van der Waals surface area contributed by atoms with Gasteiger partial charge >= 0.3 is 0 Å². The zero-order valence-corrected chi connectivity index (χ0v) is 18.5. The van der Waals surface area contributed by atoms with Gasteiger partial charge in [-0.05, 0) is 89.0 Å². The summed E-state index contributed by atoms with van der Waals surface area (Å²) < 4.78 is 2.22. The van der Waals surface area contributed by atoms with Gasteiger partial charge in [-0.25, -0.2) is 0 Å². The predicted octanol–water partition coefficient (Wildman–Crippen LogP) is 7.32. The fraction of sp³-hybridized carbons (Fsp3) is 0.0667. The molecule has 0 saturated heterocycles. The Bertz CT molecular complexity index is 1570. The molecule has 0 aliphatic heterocycles. The van der Waals surface area contributed by atoms with Gasteiger partial charge < -0.3 is 4.57 Å². The first kappa shape index (κ1) is 20.3. The van der Waals surface area contributed by atoms with Crippen LogP contribution in [0.5, 0.6) is 0 Å². The molecule has 1 aromatic heterocycles. The number of hydrogen-bond acceptors (Lipinski definition) is 2. The number of nitrogens with zero attached hydrogens (tertiary/aromatic N) is 3. The molecule has 33 heavy (non-hydrogen) atoms. The molecule has 3 heteroatoms. The Kier molecular flexibility index (Phi) is 5.02. The highest BCUT2D eigenvalue weighted by Gasteiger charge is 2.12. The van der Waals surface area contributed by atoms with Crippen molar-refractivity contribution < 1.29 is 0 Å². The summed E-state index contributed by atoms with van der Waals surface area (Å²) in [5.74, 6) is 0. The van der Waals surface area contributed by atoms with Crippen LogP contribution in [0.25, 0.3) is 38.8 Å². The van der Waals surface area contributed by atoms with Crippen LogP contribution in [0.4, 0.5) is 0 Å². The van der Waals surface area contributed by atoms with Gasteiger partial charge in [-0.1, -0.05) is 48.5 Å². The van der Waals surface area contributed by atoms with Gasteiger partial charge in [-0.2, -0.15) is 10.5 Å². The molecule has 3 nitrogen and oxygen atoms in total. The van der Waals surface area contributed by atoms with Gasteiger partial charge in [0.05, 0.1) is 16.6 Å². The Morgan fingerprint density at radius 2 is 1.33 bits per heavy atom. The smallest absolute Gasteiger partial charge is 0.101 e. The maximum Gasteiger partial charge on any atom is 0.101 e. The van der Waals surface area contributed by atoms with Gasteiger partial charge in [0.2, 0.25) is 0 Å². The minimum Gasteiger partial charge on any atom is -0.317 e. The van der Waals surface area contributed by atoms with E-state index in [1.54, 1.807) is 6.07 Å². The van der Waals surface area contributed by atoms with Crippen LogP contribution >= 0.6 is 0 Å². The zero-order valence-electron chi connectivity index (χ0n) is 18.5. The minimum absolute atomic E-state index is 0.405. The monoisotopic (exact) mass is 423 g/mol. The van der Waals surface area contributed by atoms with Crippen molar-refractivity contribution in [1.29, 1.82) is 10.5 Å². The number of rotatable bonds is 3. The predicted molar refractivity (Wildman–Crippen MR) is 133 cm³/mol. The van der Waals surface area contributed by atoms with Crippen LogP contribution in [0.1, 0.15) is 22.3 Å². The van der Waals surface area contributed by atoms with E-state index < -0.39 is 0 Å². The van der Waals surface area contributed by atoms with Crippen LogP contribution in [-0.2, 0) is 0 Å². The summed E-state index contributed by atoms with van der Waals surface area (Å²) in [5.41, 5.74) is 9.78. The van der Waals surface area contributed by atoms with Crippen molar-refractivity contribution in [2.45, 2.75) is 13.8 Å². The van der Waals surface area contributed by atoms with E-state index in [-0.39, 0.29) is 0 Å². The van der Waals surface area contributed by atoms with Gasteiger partial charge in [0.25, 0.3) is 0 Å². The average Bonchev–Trinajstić information content (AvgIpc) is 3.27. The number of para-hydroxylation sites is 1. The SMILES string of the molecule is Cc1cc(-c2ccc3ccn(-c4ccccc4)c3c2)cc(C)c1-c1ccc(C#N)c(C#N)c1. The largest absolute Gasteiger partial charge is 0.317 e. The normalized spacial score (nSPS) is 10.7. The Balaban J connectivity index is 1.61. The number of nitriles is 2. The molecule has 1 heterocycles. The lowest BCUT2D eigenvalue weighted by atomic mass is 9.90. The highest BCUT2D eigenvalue weighted by molar-refractivity contribution is 5.88. The van der Waals surface area contributed by atoms with E-state index in [4.69, 9.17) is 0 Å². The van der Waals surface area contributed by atoms with Crippen molar-refractivity contribution in [1.82, 2.24) is 4.57 Å². The molecule has 0 saturated carbocycles. The number of aryl methyl sites for hydroxylation is 2. The van der Waals surface area contributed by atoms with E-state index in [2.05, 4.69) is 97.4 Å². The third kappa shape index (κ3) is 3.57. The number of hydrogen-bond donors (Lipinski definition) is 0. The Labute approximate surface area is 193 Å². The van der Waals surface area contributed by atoms with Crippen LogP contribution < -0.4 is 0 Å². The van der Waals surface area contributed by atoms with E-state index in [0.717, 1.165) is 39.1 Å². The number of fused-ring (bicyclic) bond motifs is 1. The highest BCUT2D eigenvalue weighted by atomic mass is 15.0. The van der Waals surface area contributed by atoms with Crippen LogP contribution in [-0.4, -0.2) is 4.57 Å². The molecule has 0 bridgehead atoms. The summed E-state index contributed by atoms with van der Waals surface area (Å²) >= 11 is 0. The topological polar surface area (TPSA) is 52.5 Å². The molecule has 5 rings (SSSR count). The molecule has 0 aliphatic rings. The second kappa shape index (κ2) is 8.15. The van der Waals surface area contributed by atoms with Crippen molar-refractivity contribution in [3.63, 3.8) is 0 Å². The van der Waals surface area contributed by atoms with Gasteiger partial charge in [0.1, 0.15) is 12.1 Å². The lowest BCUT2D eigenvalue weighted by Gasteiger charge is -2.14. The van der Waals surface area contributed by atoms with Gasteiger partial charge in [-0.3, -0.25) is 0 Å². The fourth-order valence-electron chi connectivity index (χ4n) is 4.60. The zero-order chi connectivity index (χ0) is 22.9. The van der Waals surface area contributed by atoms with E-state index in [1.807, 2.05) is 18.2 Å². The lowest BCUT2D eigenvalue weighted by Crippen LogP contribution is -1.94. The molecule has 0 spiro atoms. The first-order valence-electron chi connectivity index (χ1n) is 10.8. The number of benzene rings is 4. The van der Waals surface area contributed by atoms with E-state index in [9.17, 15) is 10.5 Å². The summed E-state index contributed by atoms with van der Waals surface area (Å²) in [6.45, 7) is 4.20. The van der Waals surface area contributed by atoms with Gasteiger partial charge in [0, 0.05) is 11.9 Å². The van der Waals surface area contributed by atoms with Gasteiger partial charge in [-0.15, -0.1) is 0 Å². The van der Waals surface area contributed by atoms with Crippen molar-refractivity contribution in [2.75, 3.05) is 0 Å². The standard InChI is InChI=1S/C30H21N3/c1-20-14-26(15-21(2)30(20)24-10-11-25(18-31)27(16-24)19-32)23-9-8-22-12-13-33(29(22)17-23)28-6-4-3-5-7-28/h3-17H,1-2H3. The molecule has 0 amide bonds. The van der Waals surface area contributed by atoms with Crippen LogP contribution in [0, 0.1) is 36.5 Å². The molecule has 0 fully saturated rings. The number of aromatic nitrogens is 1. The second-order valence-electron chi connectivity index (χ2n) is 8.26. The summed E-state index contributed by atoms with van der Waals surface area (Å²) in [7, 11) is 0. The van der Waals surface area contributed by atoms with Crippen molar-refractivity contribution in [2.24, 2.45) is 0 Å². The third-order valence-electron chi connectivity index (χ3n) is 6.14. The van der Waals surface area contributed by atoms with Crippen LogP contribution in [0.2, 0.25) is 0 Å². The maximum atomic E-state index is 9.42. The van der Waals surface area contributed by atoms with Crippen LogP contribution in [0.3, 0.4) is 0 Å². The molecule has 5 aromatic rings. The minimum atomic E-state index is 0.405. The van der Waals surface area contributed by atoms with E-state index in [0.29, 0.717) is 11.1 Å². The van der Waals surface area contributed by atoms with Crippen molar-refractivity contribution >= 4 is 10.9 Å². The molecule has 0 atom stereocenters. The Morgan fingerprint density at radius 3 is 2.03 bits per heavy atom. The van der Waals surface area contributed by atoms with E-state index >= 15 is 0 Å². The summed E-state index contributed by atoms with van der Waals surface area (Å²) in [6.07, 6.45) is 2.11. The fourth-order valence-corrected chi connectivity index (χ4v) is 4.60. The first-order chi connectivity index (χ1) is 16.1. The molecule has 156 valence electrons. The van der Waals surface area contributed by atoms with E-state index in [1.165, 1.54) is 10.9 Å². The van der Waals surface area contributed by atoms with Gasteiger partial charge in [0.15, 0.2) is 0 Å². The molecule has 0 aliphatic carbocycles. The molecule has 0 unspecified atom stereocenters. The van der Waals surface area contributed by atoms with Crippen LogP contribution in [0.15, 0.2) is 91.1 Å².